The second-order valence-electron chi connectivity index (χ2n) is 3.87. The van der Waals surface area contributed by atoms with Gasteiger partial charge in [-0.15, -0.1) is 0 Å². The van der Waals surface area contributed by atoms with Crippen LogP contribution in [-0.4, -0.2) is 21.0 Å². The Bertz CT molecular complexity index is 702. The first-order chi connectivity index (χ1) is 10.1. The van der Waals surface area contributed by atoms with E-state index in [4.69, 9.17) is 0 Å². The molecule has 0 spiro atoms. The maximum Gasteiger partial charge on any atom is 0.301 e. The van der Waals surface area contributed by atoms with Crippen molar-refractivity contribution in [1.82, 2.24) is 4.98 Å². The van der Waals surface area contributed by atoms with E-state index >= 15 is 0 Å². The highest BCUT2D eigenvalue weighted by molar-refractivity contribution is 5.80. The number of nitrogens with one attached hydrogen (secondary N) is 1. The molecule has 2 rings (SSSR count). The molecule has 0 aliphatic rings. The highest BCUT2D eigenvalue weighted by atomic mass is 16.6. The van der Waals surface area contributed by atoms with E-state index in [1.54, 1.807) is 24.5 Å². The lowest BCUT2D eigenvalue weighted by atomic mass is 10.2. The smallest absolute Gasteiger partial charge is 0.272 e. The van der Waals surface area contributed by atoms with Crippen LogP contribution in [0.5, 0.6) is 0 Å². The lowest BCUT2D eigenvalue weighted by molar-refractivity contribution is -0.393. The van der Waals surface area contributed by atoms with E-state index in [0.29, 0.717) is 5.56 Å². The minimum atomic E-state index is -0.713. The second kappa shape index (κ2) is 6.19. The maximum atomic E-state index is 10.9. The van der Waals surface area contributed by atoms with Gasteiger partial charge in [0.05, 0.1) is 22.1 Å². The number of non-ortho nitro benzene ring substituents is 1. The zero-order valence-corrected chi connectivity index (χ0v) is 10.5. The quantitative estimate of drug-likeness (QED) is 0.511. The number of pyridine rings is 1. The number of hydrogen-bond donors (Lipinski definition) is 1. The Kier molecular flexibility index (Phi) is 4.14. The summed E-state index contributed by atoms with van der Waals surface area (Å²) in [4.78, 5) is 24.0. The molecule has 1 heterocycles. The van der Waals surface area contributed by atoms with Gasteiger partial charge in [-0.1, -0.05) is 6.07 Å². The first-order valence-corrected chi connectivity index (χ1v) is 5.70. The van der Waals surface area contributed by atoms with Gasteiger partial charge in [-0.2, -0.15) is 5.10 Å². The Hall–Kier alpha value is -3.36. The van der Waals surface area contributed by atoms with Crippen LogP contribution in [0.3, 0.4) is 0 Å². The number of anilines is 1. The number of benzene rings is 1. The van der Waals surface area contributed by atoms with Crippen molar-refractivity contribution < 1.29 is 9.85 Å². The zero-order chi connectivity index (χ0) is 15.2. The molecule has 0 saturated carbocycles. The van der Waals surface area contributed by atoms with Crippen LogP contribution < -0.4 is 5.43 Å². The van der Waals surface area contributed by atoms with Crippen LogP contribution in [0.15, 0.2) is 47.8 Å². The summed E-state index contributed by atoms with van der Waals surface area (Å²) < 4.78 is 0. The topological polar surface area (TPSA) is 124 Å². The Balaban J connectivity index is 2.22. The minimum absolute atomic E-state index is 0.0609. The highest BCUT2D eigenvalue weighted by Gasteiger charge is 2.18. The summed E-state index contributed by atoms with van der Waals surface area (Å²) in [6.07, 6.45) is 4.60. The molecule has 9 heteroatoms. The van der Waals surface area contributed by atoms with Crippen molar-refractivity contribution in [3.8, 4) is 0 Å². The molecule has 21 heavy (non-hydrogen) atoms. The summed E-state index contributed by atoms with van der Waals surface area (Å²) >= 11 is 0. The van der Waals surface area contributed by atoms with Gasteiger partial charge in [0.25, 0.3) is 5.69 Å². The van der Waals surface area contributed by atoms with Crippen molar-refractivity contribution in [3.05, 3.63) is 68.5 Å². The van der Waals surface area contributed by atoms with E-state index in [2.05, 4.69) is 15.5 Å². The fourth-order valence-electron chi connectivity index (χ4n) is 1.51. The van der Waals surface area contributed by atoms with Gasteiger partial charge in [0.2, 0.25) is 0 Å². The number of rotatable bonds is 5. The van der Waals surface area contributed by atoms with Crippen LogP contribution in [0.1, 0.15) is 5.56 Å². The predicted molar refractivity (Wildman–Crippen MR) is 75.2 cm³/mol. The van der Waals surface area contributed by atoms with Gasteiger partial charge >= 0.3 is 5.69 Å². The lowest BCUT2D eigenvalue weighted by Crippen LogP contribution is -1.98. The van der Waals surface area contributed by atoms with Gasteiger partial charge in [0, 0.05) is 24.0 Å². The standard InChI is InChI=1S/C12H9N5O4/c18-16(19)10-3-4-11(12(6-10)17(20)21)15-14-8-9-2-1-5-13-7-9/h1-8,15H/b14-8-. The average molecular weight is 287 g/mol. The molecular formula is C12H9N5O4. The van der Waals surface area contributed by atoms with Gasteiger partial charge in [-0.3, -0.25) is 30.6 Å². The van der Waals surface area contributed by atoms with Crippen molar-refractivity contribution in [2.45, 2.75) is 0 Å². The Morgan fingerprint density at radius 1 is 1.19 bits per heavy atom. The molecule has 0 unspecified atom stereocenters. The predicted octanol–water partition coefficient (Wildman–Crippen LogP) is 2.34. The molecule has 1 aromatic heterocycles. The normalized spacial score (nSPS) is 10.5. The van der Waals surface area contributed by atoms with E-state index in [0.717, 1.165) is 12.1 Å². The van der Waals surface area contributed by atoms with Crippen LogP contribution in [0.4, 0.5) is 17.1 Å². The van der Waals surface area contributed by atoms with Gasteiger partial charge < -0.3 is 0 Å². The zero-order valence-electron chi connectivity index (χ0n) is 10.5. The van der Waals surface area contributed by atoms with Crippen LogP contribution in [0.2, 0.25) is 0 Å². The van der Waals surface area contributed by atoms with Crippen molar-refractivity contribution in [2.75, 3.05) is 5.43 Å². The molecule has 0 radical (unpaired) electrons. The molecule has 0 fully saturated rings. The molecule has 0 amide bonds. The maximum absolute atomic E-state index is 10.9. The molecule has 1 N–H and O–H groups in total. The van der Waals surface area contributed by atoms with Crippen LogP contribution in [0.25, 0.3) is 0 Å². The largest absolute Gasteiger partial charge is 0.301 e. The number of hydrazone groups is 1. The molecule has 0 aliphatic heterocycles. The molecule has 2 aromatic rings. The second-order valence-corrected chi connectivity index (χ2v) is 3.87. The fourth-order valence-corrected chi connectivity index (χ4v) is 1.51. The fraction of sp³-hybridized carbons (Fsp3) is 0. The van der Waals surface area contributed by atoms with Gasteiger partial charge in [-0.05, 0) is 12.1 Å². The van der Waals surface area contributed by atoms with E-state index in [1.807, 2.05) is 0 Å². The summed E-state index contributed by atoms with van der Waals surface area (Å²) in [6.45, 7) is 0. The Morgan fingerprint density at radius 2 is 2.00 bits per heavy atom. The van der Waals surface area contributed by atoms with Crippen molar-refractivity contribution in [2.24, 2.45) is 5.10 Å². The lowest BCUT2D eigenvalue weighted by Gasteiger charge is -2.01. The Labute approximate surface area is 118 Å². The van der Waals surface area contributed by atoms with Crippen LogP contribution in [-0.2, 0) is 0 Å². The van der Waals surface area contributed by atoms with Crippen molar-refractivity contribution in [3.63, 3.8) is 0 Å². The summed E-state index contributed by atoms with van der Waals surface area (Å²) in [7, 11) is 0. The number of nitrogens with zero attached hydrogens (tertiary/aromatic N) is 4. The van der Waals surface area contributed by atoms with Gasteiger partial charge in [0.15, 0.2) is 0 Å². The average Bonchev–Trinajstić information content (AvgIpc) is 2.48. The Morgan fingerprint density at radius 3 is 2.62 bits per heavy atom. The number of aromatic nitrogens is 1. The summed E-state index contributed by atoms with van der Waals surface area (Å²) in [5.74, 6) is 0. The third-order valence-electron chi connectivity index (χ3n) is 2.47. The van der Waals surface area contributed by atoms with Crippen LogP contribution in [0, 0.1) is 20.2 Å². The molecular weight excluding hydrogens is 278 g/mol. The summed E-state index contributed by atoms with van der Waals surface area (Å²) in [6, 6.07) is 6.74. The number of nitro groups is 2. The number of hydrogen-bond acceptors (Lipinski definition) is 7. The molecule has 106 valence electrons. The first kappa shape index (κ1) is 14.1. The third-order valence-corrected chi connectivity index (χ3v) is 2.47. The summed E-state index contributed by atoms with van der Waals surface area (Å²) in [5, 5.41) is 25.4. The molecule has 9 nitrogen and oxygen atoms in total. The molecule has 0 bridgehead atoms. The molecule has 0 atom stereocenters. The van der Waals surface area contributed by atoms with Crippen molar-refractivity contribution in [1.29, 1.82) is 0 Å². The molecule has 0 aliphatic carbocycles. The van der Waals surface area contributed by atoms with E-state index in [1.165, 1.54) is 12.3 Å². The third kappa shape index (κ3) is 3.56. The molecule has 1 aromatic carbocycles. The van der Waals surface area contributed by atoms with E-state index < -0.39 is 15.5 Å². The van der Waals surface area contributed by atoms with E-state index in [9.17, 15) is 20.2 Å². The first-order valence-electron chi connectivity index (χ1n) is 5.70. The van der Waals surface area contributed by atoms with Crippen LogP contribution >= 0.6 is 0 Å². The van der Waals surface area contributed by atoms with Crippen molar-refractivity contribution >= 4 is 23.3 Å². The summed E-state index contributed by atoms with van der Waals surface area (Å²) in [5.41, 5.74) is 2.47. The minimum Gasteiger partial charge on any atom is -0.272 e. The van der Waals surface area contributed by atoms with Gasteiger partial charge in [-0.25, -0.2) is 0 Å². The highest BCUT2D eigenvalue weighted by Crippen LogP contribution is 2.28. The monoisotopic (exact) mass is 287 g/mol. The SMILES string of the molecule is O=[N+]([O-])c1ccc(N/N=C\c2cccnc2)c([N+](=O)[O-])c1. The molecule has 0 saturated heterocycles. The van der Waals surface area contributed by atoms with E-state index in [-0.39, 0.29) is 11.4 Å². The number of nitro benzene ring substituents is 2. The van der Waals surface area contributed by atoms with Gasteiger partial charge in [0.1, 0.15) is 5.69 Å².